The lowest BCUT2D eigenvalue weighted by molar-refractivity contribution is -0.149. The maximum absolute atomic E-state index is 13.5. The van der Waals surface area contributed by atoms with Crippen LogP contribution in [0.1, 0.15) is 64.4 Å². The molecule has 3 aromatic heterocycles. The van der Waals surface area contributed by atoms with E-state index in [4.69, 9.17) is 9.72 Å². The number of carboxylic acid groups (broad SMARTS) is 1. The smallest absolute Gasteiger partial charge is 0.310 e. The van der Waals surface area contributed by atoms with E-state index in [1.807, 2.05) is 62.4 Å². The van der Waals surface area contributed by atoms with Crippen LogP contribution in [0.4, 0.5) is 4.39 Å². The van der Waals surface area contributed by atoms with Gasteiger partial charge in [-0.3, -0.25) is 9.78 Å². The van der Waals surface area contributed by atoms with Gasteiger partial charge in [0.15, 0.2) is 0 Å². The summed E-state index contributed by atoms with van der Waals surface area (Å²) in [6.07, 6.45) is 2.67. The lowest BCUT2D eigenvalue weighted by Crippen LogP contribution is -2.33. The van der Waals surface area contributed by atoms with Gasteiger partial charge in [-0.15, -0.1) is 11.8 Å². The van der Waals surface area contributed by atoms with Crippen molar-refractivity contribution >= 4 is 39.5 Å². The highest BCUT2D eigenvalue weighted by atomic mass is 32.2. The molecule has 0 bridgehead atoms. The van der Waals surface area contributed by atoms with E-state index in [9.17, 15) is 14.3 Å². The van der Waals surface area contributed by atoms with Crippen molar-refractivity contribution in [2.75, 3.05) is 0 Å². The highest BCUT2D eigenvalue weighted by Gasteiger charge is 2.38. The van der Waals surface area contributed by atoms with Crippen LogP contribution in [0.3, 0.4) is 0 Å². The molecule has 0 saturated heterocycles. The topological polar surface area (TPSA) is 77.2 Å². The average molecular weight is 676 g/mol. The third-order valence-electron chi connectivity index (χ3n) is 9.17. The number of hydrogen-bond acceptors (Lipinski definition) is 5. The molecule has 6 aromatic rings. The fourth-order valence-electron chi connectivity index (χ4n) is 6.28. The van der Waals surface area contributed by atoms with Gasteiger partial charge in [-0.2, -0.15) is 0 Å². The molecule has 0 unspecified atom stereocenters. The quantitative estimate of drug-likeness (QED) is 0.130. The zero-order chi connectivity index (χ0) is 34.8. The lowest BCUT2D eigenvalue weighted by Gasteiger charge is -2.29. The molecule has 6 nitrogen and oxygen atoms in total. The Labute approximate surface area is 291 Å². The average Bonchev–Trinajstić information content (AvgIpc) is 3.35. The van der Waals surface area contributed by atoms with Gasteiger partial charge in [0.1, 0.15) is 18.2 Å². The molecular formula is C41H42FN3O3S. The summed E-state index contributed by atoms with van der Waals surface area (Å²) in [5.41, 5.74) is 5.57. The summed E-state index contributed by atoms with van der Waals surface area (Å²) < 4.78 is 22.0. The molecular weight excluding hydrogens is 634 g/mol. The van der Waals surface area contributed by atoms with Gasteiger partial charge in [-0.25, -0.2) is 9.37 Å². The van der Waals surface area contributed by atoms with Crippen molar-refractivity contribution in [3.8, 4) is 17.0 Å². The minimum atomic E-state index is -0.904. The minimum absolute atomic E-state index is 0.131. The Kier molecular flexibility index (Phi) is 9.79. The van der Waals surface area contributed by atoms with Gasteiger partial charge < -0.3 is 14.4 Å². The van der Waals surface area contributed by atoms with Crippen molar-refractivity contribution in [1.82, 2.24) is 14.5 Å². The summed E-state index contributed by atoms with van der Waals surface area (Å²) in [5, 5.41) is 12.7. The fourth-order valence-corrected chi connectivity index (χ4v) is 7.46. The first-order valence-corrected chi connectivity index (χ1v) is 17.6. The van der Waals surface area contributed by atoms with Gasteiger partial charge in [0, 0.05) is 50.2 Å². The largest absolute Gasteiger partial charge is 0.487 e. The number of hydrogen-bond donors (Lipinski definition) is 1. The number of para-hydroxylation sites is 1. The number of carbonyl (C=O) groups is 1. The van der Waals surface area contributed by atoms with Gasteiger partial charge in [0.05, 0.1) is 28.5 Å². The first-order chi connectivity index (χ1) is 23.5. The lowest BCUT2D eigenvalue weighted by atomic mass is 9.78. The van der Waals surface area contributed by atoms with Gasteiger partial charge >= 0.3 is 5.97 Å². The molecule has 6 rings (SSSR count). The van der Waals surface area contributed by atoms with Crippen LogP contribution < -0.4 is 4.74 Å². The van der Waals surface area contributed by atoms with Crippen LogP contribution in [-0.2, 0) is 24.4 Å². The number of carboxylic acids is 1. The molecule has 1 N–H and O–H groups in total. The second kappa shape index (κ2) is 14.0. The zero-order valence-corrected chi connectivity index (χ0v) is 29.5. The molecule has 0 aliphatic rings. The van der Waals surface area contributed by atoms with Crippen molar-refractivity contribution in [1.29, 1.82) is 0 Å². The Balaban J connectivity index is 1.42. The standard InChI is InChI=1S/C41H42FN3O3S/c1-6-41(7-2,39(46)47)23-37-38(49-40(3,4)5)33-22-32(48-26-31-18-16-28-10-8-9-11-35(28)44-31)19-21-36(33)45(37)25-27-12-14-29(15-13-27)34-20-17-30(42)24-43-34/h8-22,24H,6-7,23,25-26H2,1-5H3,(H,46,47). The molecule has 0 atom stereocenters. The number of ether oxygens (including phenoxy) is 1. The van der Waals surface area contributed by atoms with E-state index in [-0.39, 0.29) is 10.6 Å². The number of aromatic nitrogens is 3. The van der Waals surface area contributed by atoms with E-state index in [0.29, 0.717) is 38.1 Å². The number of benzene rings is 3. The Bertz CT molecular complexity index is 2100. The highest BCUT2D eigenvalue weighted by Crippen LogP contribution is 2.45. The maximum Gasteiger partial charge on any atom is 0.310 e. The molecule has 0 fully saturated rings. The first kappa shape index (κ1) is 34.2. The summed E-state index contributed by atoms with van der Waals surface area (Å²) in [7, 11) is 0. The minimum Gasteiger partial charge on any atom is -0.487 e. The Morgan fingerprint density at radius 3 is 2.37 bits per heavy atom. The van der Waals surface area contributed by atoms with E-state index in [1.54, 1.807) is 17.8 Å². The molecule has 49 heavy (non-hydrogen) atoms. The number of aliphatic carboxylic acids is 1. The van der Waals surface area contributed by atoms with E-state index in [0.717, 1.165) is 55.0 Å². The summed E-state index contributed by atoms with van der Waals surface area (Å²) in [6.45, 7) is 11.4. The van der Waals surface area contributed by atoms with Crippen LogP contribution >= 0.6 is 11.8 Å². The van der Waals surface area contributed by atoms with Crippen LogP contribution in [-0.4, -0.2) is 30.4 Å². The molecule has 0 radical (unpaired) electrons. The Morgan fingerprint density at radius 1 is 0.939 bits per heavy atom. The van der Waals surface area contributed by atoms with Gasteiger partial charge in [-0.1, -0.05) is 83.1 Å². The van der Waals surface area contributed by atoms with Crippen LogP contribution in [0, 0.1) is 11.2 Å². The van der Waals surface area contributed by atoms with Crippen LogP contribution in [0.15, 0.2) is 102 Å². The first-order valence-electron chi connectivity index (χ1n) is 16.7. The van der Waals surface area contributed by atoms with Crippen molar-refractivity contribution in [2.24, 2.45) is 5.41 Å². The second-order valence-corrected chi connectivity index (χ2v) is 15.4. The van der Waals surface area contributed by atoms with Crippen molar-refractivity contribution < 1.29 is 19.0 Å². The van der Waals surface area contributed by atoms with Crippen molar-refractivity contribution in [2.45, 2.75) is 76.7 Å². The van der Waals surface area contributed by atoms with Crippen molar-refractivity contribution in [3.05, 3.63) is 120 Å². The van der Waals surface area contributed by atoms with E-state index in [1.165, 1.54) is 12.3 Å². The molecule has 0 aliphatic heterocycles. The zero-order valence-electron chi connectivity index (χ0n) is 28.7. The van der Waals surface area contributed by atoms with E-state index in [2.05, 4.69) is 60.7 Å². The molecule has 3 aromatic carbocycles. The summed E-state index contributed by atoms with van der Waals surface area (Å²) in [6, 6.07) is 29.5. The summed E-state index contributed by atoms with van der Waals surface area (Å²) >= 11 is 1.77. The Morgan fingerprint density at radius 2 is 1.69 bits per heavy atom. The molecule has 0 spiro atoms. The van der Waals surface area contributed by atoms with Gasteiger partial charge in [-0.05, 0) is 60.9 Å². The van der Waals surface area contributed by atoms with Crippen LogP contribution in [0.25, 0.3) is 33.1 Å². The predicted molar refractivity (Wildman–Crippen MR) is 197 cm³/mol. The molecule has 0 amide bonds. The second-order valence-electron chi connectivity index (χ2n) is 13.6. The molecule has 0 aliphatic carbocycles. The number of halogens is 1. The predicted octanol–water partition coefficient (Wildman–Crippen LogP) is 10.3. The summed E-state index contributed by atoms with van der Waals surface area (Å²) in [4.78, 5) is 22.9. The fraction of sp³-hybridized carbons (Fsp3) is 0.293. The van der Waals surface area contributed by atoms with Gasteiger partial charge in [0.25, 0.3) is 0 Å². The number of thioether (sulfide) groups is 1. The molecule has 0 saturated carbocycles. The third-order valence-corrected chi connectivity index (χ3v) is 10.4. The van der Waals surface area contributed by atoms with Crippen LogP contribution in [0.5, 0.6) is 5.75 Å². The SMILES string of the molecule is CCC(CC)(Cc1c(SC(C)(C)C)c2cc(OCc3ccc4ccccc4n3)ccc2n1Cc1ccc(-c2ccc(F)cn2)cc1)C(=O)O. The number of fused-ring (bicyclic) bond motifs is 2. The number of pyridine rings is 2. The molecule has 3 heterocycles. The van der Waals surface area contributed by atoms with Gasteiger partial charge in [0.2, 0.25) is 0 Å². The third kappa shape index (κ3) is 7.49. The normalized spacial score (nSPS) is 12.1. The Hall–Kier alpha value is -4.69. The van der Waals surface area contributed by atoms with E-state index >= 15 is 0 Å². The van der Waals surface area contributed by atoms with Crippen LogP contribution in [0.2, 0.25) is 0 Å². The molecule has 252 valence electrons. The van der Waals surface area contributed by atoms with Crippen molar-refractivity contribution in [3.63, 3.8) is 0 Å². The monoisotopic (exact) mass is 675 g/mol. The van der Waals surface area contributed by atoms with E-state index < -0.39 is 11.4 Å². The molecule has 8 heteroatoms. The maximum atomic E-state index is 13.5. The summed E-state index contributed by atoms with van der Waals surface area (Å²) in [5.74, 6) is -0.413. The number of nitrogens with zero attached hydrogens (tertiary/aromatic N) is 3. The number of rotatable bonds is 12. The highest BCUT2D eigenvalue weighted by molar-refractivity contribution is 8.00.